The smallest absolute Gasteiger partial charge is 0.247 e. The Bertz CT molecular complexity index is 465. The first-order chi connectivity index (χ1) is 8.31. The molecule has 0 aliphatic rings. The van der Waals surface area contributed by atoms with Crippen LogP contribution < -0.4 is 5.32 Å². The van der Waals surface area contributed by atoms with Crippen LogP contribution in [-0.2, 0) is 0 Å². The molecule has 0 radical (unpaired) electrons. The molecule has 0 unspecified atom stereocenters. The third-order valence-electron chi connectivity index (χ3n) is 2.34. The predicted octanol–water partition coefficient (Wildman–Crippen LogP) is 1.75. The Balaban J connectivity index is 2.15. The largest absolute Gasteiger partial charge is 0.352 e. The zero-order valence-corrected chi connectivity index (χ0v) is 10.7. The van der Waals surface area contributed by atoms with Gasteiger partial charge in [-0.05, 0) is 35.7 Å². The van der Waals surface area contributed by atoms with Crippen molar-refractivity contribution in [3.05, 3.63) is 29.8 Å². The van der Waals surface area contributed by atoms with E-state index < -0.39 is 0 Å². The number of anilines is 1. The number of aromatic nitrogens is 4. The van der Waals surface area contributed by atoms with Gasteiger partial charge in [-0.2, -0.15) is 16.4 Å². The van der Waals surface area contributed by atoms with Crippen molar-refractivity contribution in [3.8, 4) is 5.69 Å². The molecule has 2 rings (SSSR count). The lowest BCUT2D eigenvalue weighted by Gasteiger charge is -2.06. The average molecular weight is 249 g/mol. The first-order valence-electron chi connectivity index (χ1n) is 5.39. The fraction of sp³-hybridized carbons (Fsp3) is 0.364. The summed E-state index contributed by atoms with van der Waals surface area (Å²) in [6.45, 7) is 2.91. The van der Waals surface area contributed by atoms with E-state index in [0.29, 0.717) is 5.95 Å². The summed E-state index contributed by atoms with van der Waals surface area (Å²) in [5.41, 5.74) is 2.19. The van der Waals surface area contributed by atoms with Crippen molar-refractivity contribution in [2.45, 2.75) is 6.92 Å². The zero-order valence-electron chi connectivity index (χ0n) is 9.92. The SMILES string of the molecule is CSCCNc1nnnn1-c1ccc(C)cc1. The van der Waals surface area contributed by atoms with Gasteiger partial charge in [0.15, 0.2) is 0 Å². The molecule has 2 aromatic rings. The molecule has 0 spiro atoms. The highest BCUT2D eigenvalue weighted by Gasteiger charge is 2.06. The van der Waals surface area contributed by atoms with Gasteiger partial charge in [0.2, 0.25) is 5.95 Å². The third-order valence-corrected chi connectivity index (χ3v) is 2.95. The summed E-state index contributed by atoms with van der Waals surface area (Å²) in [6.07, 6.45) is 2.07. The maximum atomic E-state index is 3.98. The summed E-state index contributed by atoms with van der Waals surface area (Å²) < 4.78 is 1.71. The Morgan fingerprint density at radius 1 is 1.29 bits per heavy atom. The summed E-state index contributed by atoms with van der Waals surface area (Å²) in [5, 5.41) is 14.9. The van der Waals surface area contributed by atoms with Gasteiger partial charge in [-0.1, -0.05) is 22.8 Å². The minimum absolute atomic E-state index is 0.683. The molecule has 1 aromatic carbocycles. The summed E-state index contributed by atoms with van der Waals surface area (Å²) >= 11 is 1.79. The average Bonchev–Trinajstić information content (AvgIpc) is 2.79. The van der Waals surface area contributed by atoms with Gasteiger partial charge < -0.3 is 5.32 Å². The first kappa shape index (κ1) is 11.9. The number of nitrogens with zero attached hydrogens (tertiary/aromatic N) is 4. The van der Waals surface area contributed by atoms with E-state index in [9.17, 15) is 0 Å². The second-order valence-corrected chi connectivity index (χ2v) is 4.66. The molecule has 0 atom stereocenters. The van der Waals surface area contributed by atoms with Crippen LogP contribution in [0.3, 0.4) is 0 Å². The van der Waals surface area contributed by atoms with E-state index in [-0.39, 0.29) is 0 Å². The Morgan fingerprint density at radius 2 is 2.06 bits per heavy atom. The van der Waals surface area contributed by atoms with Crippen molar-refractivity contribution in [2.75, 3.05) is 23.9 Å². The zero-order chi connectivity index (χ0) is 12.1. The minimum Gasteiger partial charge on any atom is -0.352 e. The molecular weight excluding hydrogens is 234 g/mol. The molecule has 1 heterocycles. The molecule has 0 amide bonds. The van der Waals surface area contributed by atoms with Crippen molar-refractivity contribution in [1.82, 2.24) is 20.2 Å². The molecule has 90 valence electrons. The van der Waals surface area contributed by atoms with Crippen molar-refractivity contribution < 1.29 is 0 Å². The van der Waals surface area contributed by atoms with Gasteiger partial charge in [0, 0.05) is 12.3 Å². The molecule has 0 aliphatic carbocycles. The number of aryl methyl sites for hydroxylation is 1. The summed E-state index contributed by atoms with van der Waals surface area (Å²) in [5.74, 6) is 1.71. The lowest BCUT2D eigenvalue weighted by Crippen LogP contribution is -2.10. The fourth-order valence-corrected chi connectivity index (χ4v) is 1.73. The first-order valence-corrected chi connectivity index (χ1v) is 6.79. The second-order valence-electron chi connectivity index (χ2n) is 3.67. The minimum atomic E-state index is 0.683. The maximum absolute atomic E-state index is 3.98. The lowest BCUT2D eigenvalue weighted by molar-refractivity contribution is 0.789. The van der Waals surface area contributed by atoms with Crippen LogP contribution in [0.5, 0.6) is 0 Å². The van der Waals surface area contributed by atoms with E-state index >= 15 is 0 Å². The summed E-state index contributed by atoms with van der Waals surface area (Å²) in [4.78, 5) is 0. The van der Waals surface area contributed by atoms with Gasteiger partial charge in [-0.3, -0.25) is 0 Å². The number of nitrogens with one attached hydrogen (secondary N) is 1. The molecular formula is C11H15N5S. The molecule has 1 N–H and O–H groups in total. The molecule has 0 fully saturated rings. The van der Waals surface area contributed by atoms with Crippen molar-refractivity contribution in [3.63, 3.8) is 0 Å². The third kappa shape index (κ3) is 2.97. The molecule has 0 bridgehead atoms. The highest BCUT2D eigenvalue weighted by Crippen LogP contribution is 2.12. The van der Waals surface area contributed by atoms with Gasteiger partial charge in [0.25, 0.3) is 0 Å². The fourth-order valence-electron chi connectivity index (χ4n) is 1.42. The van der Waals surface area contributed by atoms with E-state index in [0.717, 1.165) is 18.0 Å². The normalized spacial score (nSPS) is 10.5. The maximum Gasteiger partial charge on any atom is 0.247 e. The lowest BCUT2D eigenvalue weighted by atomic mass is 10.2. The van der Waals surface area contributed by atoms with Crippen LogP contribution in [0.25, 0.3) is 5.69 Å². The topological polar surface area (TPSA) is 55.6 Å². The molecule has 1 aromatic heterocycles. The molecule has 5 nitrogen and oxygen atoms in total. The molecule has 6 heteroatoms. The van der Waals surface area contributed by atoms with Crippen molar-refractivity contribution in [1.29, 1.82) is 0 Å². The Morgan fingerprint density at radius 3 is 2.76 bits per heavy atom. The van der Waals surface area contributed by atoms with Crippen LogP contribution in [0.2, 0.25) is 0 Å². The Hall–Kier alpha value is -1.56. The quantitative estimate of drug-likeness (QED) is 0.818. The highest BCUT2D eigenvalue weighted by molar-refractivity contribution is 7.98. The van der Waals surface area contributed by atoms with E-state index in [2.05, 4.69) is 34.0 Å². The van der Waals surface area contributed by atoms with Crippen molar-refractivity contribution >= 4 is 17.7 Å². The van der Waals surface area contributed by atoms with Gasteiger partial charge in [0.05, 0.1) is 5.69 Å². The number of rotatable bonds is 5. The summed E-state index contributed by atoms with van der Waals surface area (Å²) in [7, 11) is 0. The van der Waals surface area contributed by atoms with Crippen LogP contribution in [-0.4, -0.2) is 38.8 Å². The van der Waals surface area contributed by atoms with Crippen LogP contribution in [0, 0.1) is 6.92 Å². The Labute approximate surface area is 105 Å². The van der Waals surface area contributed by atoms with Gasteiger partial charge in [-0.25, -0.2) is 0 Å². The summed E-state index contributed by atoms with van der Waals surface area (Å²) in [6, 6.07) is 8.10. The van der Waals surface area contributed by atoms with E-state index in [1.807, 2.05) is 24.3 Å². The van der Waals surface area contributed by atoms with Crippen LogP contribution in [0.1, 0.15) is 5.56 Å². The number of tetrazole rings is 1. The van der Waals surface area contributed by atoms with Crippen LogP contribution in [0.4, 0.5) is 5.95 Å². The van der Waals surface area contributed by atoms with Crippen LogP contribution in [0.15, 0.2) is 24.3 Å². The number of hydrogen-bond donors (Lipinski definition) is 1. The molecule has 0 aliphatic heterocycles. The number of hydrogen-bond acceptors (Lipinski definition) is 5. The number of benzene rings is 1. The highest BCUT2D eigenvalue weighted by atomic mass is 32.2. The van der Waals surface area contributed by atoms with E-state index in [1.54, 1.807) is 16.4 Å². The van der Waals surface area contributed by atoms with Gasteiger partial charge in [-0.15, -0.1) is 0 Å². The predicted molar refractivity (Wildman–Crippen MR) is 70.8 cm³/mol. The molecule has 0 saturated heterocycles. The van der Waals surface area contributed by atoms with Crippen LogP contribution >= 0.6 is 11.8 Å². The monoisotopic (exact) mass is 249 g/mol. The Kier molecular flexibility index (Phi) is 3.98. The van der Waals surface area contributed by atoms with Gasteiger partial charge >= 0.3 is 0 Å². The second kappa shape index (κ2) is 5.67. The van der Waals surface area contributed by atoms with Gasteiger partial charge in [0.1, 0.15) is 0 Å². The van der Waals surface area contributed by atoms with E-state index in [4.69, 9.17) is 0 Å². The number of thioether (sulfide) groups is 1. The van der Waals surface area contributed by atoms with E-state index in [1.165, 1.54) is 5.56 Å². The molecule has 0 saturated carbocycles. The van der Waals surface area contributed by atoms with Crippen molar-refractivity contribution in [2.24, 2.45) is 0 Å². The molecule has 17 heavy (non-hydrogen) atoms. The standard InChI is InChI=1S/C11H15N5S/c1-9-3-5-10(6-4-9)16-11(13-14-15-16)12-7-8-17-2/h3-6H,7-8H2,1-2H3,(H,12,13,15).